The van der Waals surface area contributed by atoms with Crippen molar-refractivity contribution in [3.8, 4) is 0 Å². The van der Waals surface area contributed by atoms with Crippen molar-refractivity contribution in [2.24, 2.45) is 0 Å². The van der Waals surface area contributed by atoms with Gasteiger partial charge in [-0.25, -0.2) is 8.42 Å². The minimum Gasteiger partial charge on any atom is -0.377 e. The molecule has 3 nitrogen and oxygen atoms in total. The highest BCUT2D eigenvalue weighted by Crippen LogP contribution is 2.29. The van der Waals surface area contributed by atoms with E-state index in [9.17, 15) is 8.42 Å². The number of rotatable bonds is 4. The molecule has 0 radical (unpaired) electrons. The van der Waals surface area contributed by atoms with Crippen LogP contribution in [0.5, 0.6) is 0 Å². The van der Waals surface area contributed by atoms with Crippen LogP contribution in [0.15, 0.2) is 51.8 Å². The van der Waals surface area contributed by atoms with Crippen molar-refractivity contribution in [3.05, 3.63) is 57.5 Å². The quantitative estimate of drug-likeness (QED) is 0.827. The molecule has 2 aromatic carbocycles. The first-order chi connectivity index (χ1) is 9.77. The van der Waals surface area contributed by atoms with Crippen LogP contribution >= 0.6 is 27.5 Å². The van der Waals surface area contributed by atoms with Crippen LogP contribution in [0.4, 0.5) is 5.69 Å². The summed E-state index contributed by atoms with van der Waals surface area (Å²) >= 11 is 9.58. The first-order valence-corrected chi connectivity index (χ1v) is 9.35. The predicted molar refractivity (Wildman–Crippen MR) is 90.7 cm³/mol. The van der Waals surface area contributed by atoms with Crippen LogP contribution in [0.2, 0.25) is 5.02 Å². The van der Waals surface area contributed by atoms with Gasteiger partial charge in [-0.15, -0.1) is 0 Å². The lowest BCUT2D eigenvalue weighted by Crippen LogP contribution is -2.08. The largest absolute Gasteiger partial charge is 0.377 e. The Morgan fingerprint density at radius 2 is 1.90 bits per heavy atom. The molecule has 112 valence electrons. The molecular weight excluding hydrogens is 374 g/mol. The average Bonchev–Trinajstić information content (AvgIpc) is 2.40. The molecule has 2 rings (SSSR count). The van der Waals surface area contributed by atoms with Gasteiger partial charge in [0.25, 0.3) is 0 Å². The maximum atomic E-state index is 11.6. The third-order valence-electron chi connectivity index (χ3n) is 3.09. The van der Waals surface area contributed by atoms with Crippen LogP contribution in [0.1, 0.15) is 18.5 Å². The lowest BCUT2D eigenvalue weighted by atomic mass is 10.1. The second-order valence-corrected chi connectivity index (χ2v) is 8.17. The summed E-state index contributed by atoms with van der Waals surface area (Å²) in [5, 5.41) is 3.74. The summed E-state index contributed by atoms with van der Waals surface area (Å²) in [6, 6.07) is 12.6. The minimum atomic E-state index is -3.26. The Kier molecular flexibility index (Phi) is 4.96. The van der Waals surface area contributed by atoms with Gasteiger partial charge in [-0.05, 0) is 42.8 Å². The van der Waals surface area contributed by atoms with Crippen molar-refractivity contribution < 1.29 is 8.42 Å². The Hall–Kier alpha value is -1.04. The summed E-state index contributed by atoms with van der Waals surface area (Å²) in [5.74, 6) is 0. The van der Waals surface area contributed by atoms with Gasteiger partial charge in [-0.2, -0.15) is 0 Å². The Labute approximate surface area is 138 Å². The van der Waals surface area contributed by atoms with E-state index in [4.69, 9.17) is 11.6 Å². The average molecular weight is 389 g/mol. The van der Waals surface area contributed by atoms with Gasteiger partial charge in [-0.1, -0.05) is 39.7 Å². The molecule has 0 aliphatic heterocycles. The number of halogens is 2. The summed E-state index contributed by atoms with van der Waals surface area (Å²) < 4.78 is 24.2. The zero-order chi connectivity index (χ0) is 15.6. The first-order valence-electron chi connectivity index (χ1n) is 6.29. The minimum absolute atomic E-state index is 0.00481. The molecule has 0 fully saturated rings. The second kappa shape index (κ2) is 6.38. The van der Waals surface area contributed by atoms with E-state index >= 15 is 0 Å². The van der Waals surface area contributed by atoms with Crippen LogP contribution < -0.4 is 5.32 Å². The molecule has 1 unspecified atom stereocenters. The topological polar surface area (TPSA) is 46.2 Å². The number of nitrogens with one attached hydrogen (secondary N) is 1. The Morgan fingerprint density at radius 1 is 1.19 bits per heavy atom. The van der Waals surface area contributed by atoms with Crippen LogP contribution in [-0.2, 0) is 9.84 Å². The van der Waals surface area contributed by atoms with Gasteiger partial charge in [0.05, 0.1) is 15.6 Å². The molecule has 0 saturated heterocycles. The fourth-order valence-corrected chi connectivity index (χ4v) is 3.17. The maximum absolute atomic E-state index is 11.6. The summed E-state index contributed by atoms with van der Waals surface area (Å²) in [6.07, 6.45) is 1.18. The van der Waals surface area contributed by atoms with Gasteiger partial charge >= 0.3 is 0 Å². The molecule has 0 amide bonds. The Morgan fingerprint density at radius 3 is 2.52 bits per heavy atom. The highest BCUT2D eigenvalue weighted by molar-refractivity contribution is 9.10. The lowest BCUT2D eigenvalue weighted by molar-refractivity contribution is 0.602. The van der Waals surface area contributed by atoms with Crippen LogP contribution in [0, 0.1) is 0 Å². The molecule has 0 bridgehead atoms. The molecule has 0 saturated carbocycles. The standard InChI is InChI=1S/C15H15BrClNO2S/c1-10(11-4-3-5-12(16)8-11)18-15-9-13(21(2,19)20)6-7-14(15)17/h3-10,18H,1-2H3. The summed E-state index contributed by atoms with van der Waals surface area (Å²) in [5.41, 5.74) is 1.68. The fraction of sp³-hybridized carbons (Fsp3) is 0.200. The monoisotopic (exact) mass is 387 g/mol. The van der Waals surface area contributed by atoms with Gasteiger partial charge in [0, 0.05) is 16.8 Å². The van der Waals surface area contributed by atoms with E-state index in [1.54, 1.807) is 12.1 Å². The van der Waals surface area contributed by atoms with Crippen molar-refractivity contribution in [2.45, 2.75) is 17.9 Å². The third-order valence-corrected chi connectivity index (χ3v) is 5.02. The molecule has 6 heteroatoms. The molecule has 21 heavy (non-hydrogen) atoms. The Bertz CT molecular complexity index is 762. The zero-order valence-electron chi connectivity index (χ0n) is 11.6. The second-order valence-electron chi connectivity index (χ2n) is 4.83. The Balaban J connectivity index is 2.31. The molecule has 0 spiro atoms. The van der Waals surface area contributed by atoms with Crippen LogP contribution in [0.3, 0.4) is 0 Å². The van der Waals surface area contributed by atoms with Gasteiger partial charge in [0.1, 0.15) is 0 Å². The predicted octanol–water partition coefficient (Wildman–Crippen LogP) is 4.68. The summed E-state index contributed by atoms with van der Waals surface area (Å²) in [4.78, 5) is 0.246. The maximum Gasteiger partial charge on any atom is 0.175 e. The van der Waals surface area contributed by atoms with Crippen molar-refractivity contribution in [1.29, 1.82) is 0 Å². The van der Waals surface area contributed by atoms with E-state index in [1.165, 1.54) is 12.3 Å². The smallest absolute Gasteiger partial charge is 0.175 e. The molecule has 0 aromatic heterocycles. The molecular formula is C15H15BrClNO2S. The number of hydrogen-bond acceptors (Lipinski definition) is 3. The third kappa shape index (κ3) is 4.22. The number of sulfone groups is 1. The number of hydrogen-bond donors (Lipinski definition) is 1. The normalized spacial score (nSPS) is 13.0. The molecule has 1 N–H and O–H groups in total. The number of anilines is 1. The van der Waals surface area contributed by atoms with Gasteiger partial charge in [0.2, 0.25) is 0 Å². The SMILES string of the molecule is CC(Nc1cc(S(C)(=O)=O)ccc1Cl)c1cccc(Br)c1. The van der Waals surface area contributed by atoms with E-state index in [2.05, 4.69) is 21.2 Å². The number of benzene rings is 2. The van der Waals surface area contributed by atoms with Crippen molar-refractivity contribution in [2.75, 3.05) is 11.6 Å². The van der Waals surface area contributed by atoms with Crippen molar-refractivity contribution >= 4 is 43.1 Å². The molecule has 0 heterocycles. The van der Waals surface area contributed by atoms with E-state index in [0.717, 1.165) is 10.0 Å². The fourth-order valence-electron chi connectivity index (χ4n) is 1.94. The van der Waals surface area contributed by atoms with E-state index < -0.39 is 9.84 Å². The van der Waals surface area contributed by atoms with E-state index in [-0.39, 0.29) is 10.9 Å². The first kappa shape index (κ1) is 16.3. The van der Waals surface area contributed by atoms with Gasteiger partial charge in [-0.3, -0.25) is 0 Å². The zero-order valence-corrected chi connectivity index (χ0v) is 14.8. The summed E-state index contributed by atoms with van der Waals surface area (Å²) in [6.45, 7) is 1.99. The van der Waals surface area contributed by atoms with Crippen LogP contribution in [0.25, 0.3) is 0 Å². The molecule has 1 atom stereocenters. The molecule has 0 aliphatic carbocycles. The van der Waals surface area contributed by atoms with Gasteiger partial charge in [0.15, 0.2) is 9.84 Å². The van der Waals surface area contributed by atoms with E-state index in [0.29, 0.717) is 10.7 Å². The van der Waals surface area contributed by atoms with Gasteiger partial charge < -0.3 is 5.32 Å². The highest BCUT2D eigenvalue weighted by atomic mass is 79.9. The molecule has 0 aliphatic rings. The van der Waals surface area contributed by atoms with Crippen LogP contribution in [-0.4, -0.2) is 14.7 Å². The van der Waals surface area contributed by atoms with E-state index in [1.807, 2.05) is 31.2 Å². The molecule has 2 aromatic rings. The van der Waals surface area contributed by atoms with Crippen molar-refractivity contribution in [3.63, 3.8) is 0 Å². The lowest BCUT2D eigenvalue weighted by Gasteiger charge is -2.17. The summed E-state index contributed by atoms with van der Waals surface area (Å²) in [7, 11) is -3.26. The van der Waals surface area contributed by atoms with Crippen molar-refractivity contribution in [1.82, 2.24) is 0 Å². The highest BCUT2D eigenvalue weighted by Gasteiger charge is 2.13.